The fraction of sp³-hybridized carbons (Fsp3) is 0.235. The average molecular weight is 579 g/mol. The third-order valence-electron chi connectivity index (χ3n) is 8.61. The molecule has 4 aromatic rings. The van der Waals surface area contributed by atoms with E-state index in [0.717, 1.165) is 21.2 Å². The highest BCUT2D eigenvalue weighted by Crippen LogP contribution is 2.51. The molecular weight excluding hydrogens is 548 g/mol. The van der Waals surface area contributed by atoms with E-state index in [-0.39, 0.29) is 13.0 Å². The monoisotopic (exact) mass is 578 g/mol. The van der Waals surface area contributed by atoms with Gasteiger partial charge >= 0.3 is 11.9 Å². The van der Waals surface area contributed by atoms with Crippen LogP contribution in [0.5, 0.6) is 5.75 Å². The lowest BCUT2D eigenvalue weighted by atomic mass is 9.76. The fourth-order valence-corrected chi connectivity index (χ4v) is 6.56. The first-order valence-electron chi connectivity index (χ1n) is 13.9. The molecule has 2 aliphatic rings. The average Bonchev–Trinajstić information content (AvgIpc) is 3.50. The zero-order valence-electron chi connectivity index (χ0n) is 23.7. The molecule has 0 aromatic heterocycles. The second-order valence-electron chi connectivity index (χ2n) is 11.0. The molecule has 0 radical (unpaired) electrons. The van der Waals surface area contributed by atoms with E-state index in [0.29, 0.717) is 22.4 Å². The predicted molar refractivity (Wildman–Crippen MR) is 157 cm³/mol. The molecule has 2 N–H and O–H groups in total. The Bertz CT molecular complexity index is 1750. The molecule has 4 unspecified atom stereocenters. The number of amides is 2. The third-order valence-corrected chi connectivity index (χ3v) is 8.61. The number of carboxylic acid groups (broad SMARTS) is 1. The molecule has 2 fully saturated rings. The largest absolute Gasteiger partial charge is 0.496 e. The van der Waals surface area contributed by atoms with E-state index >= 15 is 0 Å². The number of likely N-dealkylation sites (tertiary alicyclic amines) is 1. The van der Waals surface area contributed by atoms with E-state index in [9.17, 15) is 24.3 Å². The zero-order chi connectivity index (χ0) is 30.3. The van der Waals surface area contributed by atoms with Crippen LogP contribution in [0, 0.1) is 11.8 Å². The highest BCUT2D eigenvalue weighted by Gasteiger charge is 2.68. The number of esters is 1. The number of benzene rings is 4. The van der Waals surface area contributed by atoms with Gasteiger partial charge in [0.25, 0.3) is 0 Å². The number of methoxy groups -OCH3 is 2. The lowest BCUT2D eigenvalue weighted by Crippen LogP contribution is -2.57. The van der Waals surface area contributed by atoms with Crippen LogP contribution in [0.25, 0.3) is 10.8 Å². The topological polar surface area (TPSA) is 122 Å². The van der Waals surface area contributed by atoms with Gasteiger partial charge in [0.15, 0.2) is 0 Å². The maximum atomic E-state index is 14.2. The molecule has 218 valence electrons. The Balaban J connectivity index is 1.42. The molecule has 6 rings (SSSR count). The summed E-state index contributed by atoms with van der Waals surface area (Å²) in [4.78, 5) is 54.6. The van der Waals surface area contributed by atoms with E-state index < -0.39 is 47.2 Å². The van der Waals surface area contributed by atoms with Gasteiger partial charge in [0.1, 0.15) is 11.3 Å². The van der Waals surface area contributed by atoms with Crippen molar-refractivity contribution in [2.24, 2.45) is 11.8 Å². The van der Waals surface area contributed by atoms with Crippen LogP contribution >= 0.6 is 0 Å². The molecule has 0 bridgehead atoms. The molecule has 9 heteroatoms. The number of ether oxygens (including phenoxy) is 2. The van der Waals surface area contributed by atoms with Crippen molar-refractivity contribution in [3.8, 4) is 5.75 Å². The maximum absolute atomic E-state index is 14.2. The first kappa shape index (κ1) is 28.1. The van der Waals surface area contributed by atoms with Crippen LogP contribution in [0.1, 0.15) is 33.1 Å². The number of carbonyl (C=O) groups excluding carboxylic acids is 3. The van der Waals surface area contributed by atoms with Crippen molar-refractivity contribution in [1.82, 2.24) is 10.2 Å². The summed E-state index contributed by atoms with van der Waals surface area (Å²) in [6, 6.07) is 26.2. The second-order valence-corrected chi connectivity index (χ2v) is 11.0. The Labute approximate surface area is 248 Å². The Hall–Kier alpha value is -5.02. The van der Waals surface area contributed by atoms with Crippen molar-refractivity contribution in [2.75, 3.05) is 14.2 Å². The number of hydrogen-bond acceptors (Lipinski definition) is 7. The van der Waals surface area contributed by atoms with Crippen LogP contribution in [0.15, 0.2) is 91.0 Å². The minimum absolute atomic E-state index is 0.0132. The van der Waals surface area contributed by atoms with Gasteiger partial charge in [-0.1, -0.05) is 72.8 Å². The molecule has 0 aliphatic carbocycles. The van der Waals surface area contributed by atoms with Crippen LogP contribution in [0.2, 0.25) is 0 Å². The van der Waals surface area contributed by atoms with E-state index in [1.807, 2.05) is 42.5 Å². The van der Waals surface area contributed by atoms with E-state index in [1.165, 1.54) is 14.2 Å². The number of hydrogen-bond donors (Lipinski definition) is 2. The van der Waals surface area contributed by atoms with Gasteiger partial charge in [0.05, 0.1) is 38.2 Å². The van der Waals surface area contributed by atoms with Gasteiger partial charge < -0.3 is 14.6 Å². The molecule has 2 heterocycles. The van der Waals surface area contributed by atoms with Crippen LogP contribution in [0.3, 0.4) is 0 Å². The molecule has 43 heavy (non-hydrogen) atoms. The van der Waals surface area contributed by atoms with Crippen LogP contribution < -0.4 is 10.1 Å². The number of carboxylic acids is 1. The summed E-state index contributed by atoms with van der Waals surface area (Å²) in [5, 5.41) is 16.1. The highest BCUT2D eigenvalue weighted by molar-refractivity contribution is 6.09. The fourth-order valence-electron chi connectivity index (χ4n) is 6.56. The summed E-state index contributed by atoms with van der Waals surface area (Å²) in [7, 11) is 2.80. The Morgan fingerprint density at radius 1 is 0.860 bits per heavy atom. The van der Waals surface area contributed by atoms with Crippen molar-refractivity contribution in [3.63, 3.8) is 0 Å². The molecule has 4 atom stereocenters. The molecule has 9 nitrogen and oxygen atoms in total. The minimum atomic E-state index is -1.77. The number of rotatable bonds is 8. The van der Waals surface area contributed by atoms with E-state index in [2.05, 4.69) is 5.32 Å². The summed E-state index contributed by atoms with van der Waals surface area (Å²) in [6.45, 7) is -0.0591. The zero-order valence-corrected chi connectivity index (χ0v) is 23.7. The van der Waals surface area contributed by atoms with Gasteiger partial charge in [-0.25, -0.2) is 4.79 Å². The van der Waals surface area contributed by atoms with E-state index in [1.54, 1.807) is 48.5 Å². The summed E-state index contributed by atoms with van der Waals surface area (Å²) in [6.07, 6.45) is -0.0132. The molecule has 2 amide bonds. The summed E-state index contributed by atoms with van der Waals surface area (Å²) in [5.74, 6) is -4.39. The number of carbonyl (C=O) groups is 4. The van der Waals surface area contributed by atoms with Crippen LogP contribution in [0.4, 0.5) is 0 Å². The number of nitrogens with one attached hydrogen (secondary N) is 1. The first-order valence-corrected chi connectivity index (χ1v) is 13.9. The smallest absolute Gasteiger partial charge is 0.337 e. The normalized spacial score (nSPS) is 22.9. The summed E-state index contributed by atoms with van der Waals surface area (Å²) < 4.78 is 10.3. The number of fused-ring (bicyclic) bond motifs is 2. The van der Waals surface area contributed by atoms with Gasteiger partial charge in [-0.2, -0.15) is 0 Å². The molecule has 4 aromatic carbocycles. The van der Waals surface area contributed by atoms with Gasteiger partial charge in [-0.05, 0) is 40.1 Å². The van der Waals surface area contributed by atoms with Gasteiger partial charge in [0, 0.05) is 18.0 Å². The molecule has 0 saturated carbocycles. The third kappa shape index (κ3) is 4.71. The van der Waals surface area contributed by atoms with Crippen molar-refractivity contribution < 1.29 is 33.8 Å². The Morgan fingerprint density at radius 3 is 2.23 bits per heavy atom. The number of aliphatic carboxylic acids is 1. The quantitative estimate of drug-likeness (QED) is 0.236. The highest BCUT2D eigenvalue weighted by atomic mass is 16.5. The molecule has 2 saturated heterocycles. The van der Waals surface area contributed by atoms with Crippen molar-refractivity contribution >= 4 is 34.5 Å². The van der Waals surface area contributed by atoms with Crippen LogP contribution in [-0.2, 0) is 32.1 Å². The Kier molecular flexibility index (Phi) is 7.19. The molecule has 2 aliphatic heterocycles. The maximum Gasteiger partial charge on any atom is 0.337 e. The SMILES string of the molecule is COC(=O)c1ccc(CN2C(=O)C3C(c4ccccc4OC)NC(Cc4ccc5ccccc5c4)(C(=O)O)C3C2=O)cc1. The van der Waals surface area contributed by atoms with E-state index in [4.69, 9.17) is 9.47 Å². The summed E-state index contributed by atoms with van der Waals surface area (Å²) in [5.41, 5.74) is 0.515. The minimum Gasteiger partial charge on any atom is -0.496 e. The van der Waals surface area contributed by atoms with Gasteiger partial charge in [-0.3, -0.25) is 24.6 Å². The van der Waals surface area contributed by atoms with Crippen molar-refractivity contribution in [3.05, 3.63) is 113 Å². The summed E-state index contributed by atoms with van der Waals surface area (Å²) >= 11 is 0. The number of para-hydroxylation sites is 1. The molecule has 0 spiro atoms. The van der Waals surface area contributed by atoms with Crippen LogP contribution in [-0.4, -0.2) is 53.5 Å². The lowest BCUT2D eigenvalue weighted by Gasteiger charge is -2.31. The van der Waals surface area contributed by atoms with Gasteiger partial charge in [0.2, 0.25) is 11.8 Å². The standard InChI is InChI=1S/C34H30N2O7/c1-42-26-10-6-5-9-25(26)29-27-28(31(38)36(30(27)37)19-20-11-15-23(16-12-20)32(39)43-2)34(35-29,33(40)41)18-21-13-14-22-7-3-4-8-24(22)17-21/h3-17,27-29,35H,18-19H2,1-2H3,(H,40,41). The number of imide groups is 1. The second kappa shape index (κ2) is 11.0. The van der Waals surface area contributed by atoms with Gasteiger partial charge in [-0.15, -0.1) is 0 Å². The Morgan fingerprint density at radius 2 is 1.53 bits per heavy atom. The van der Waals surface area contributed by atoms with Crippen molar-refractivity contribution in [1.29, 1.82) is 0 Å². The van der Waals surface area contributed by atoms with Crippen molar-refractivity contribution in [2.45, 2.75) is 24.5 Å². The lowest BCUT2D eigenvalue weighted by molar-refractivity contribution is -0.151. The molecular formula is C34H30N2O7. The number of nitrogens with zero attached hydrogens (tertiary/aromatic N) is 1. The first-order chi connectivity index (χ1) is 20.8. The predicted octanol–water partition coefficient (Wildman–Crippen LogP) is 4.15.